The highest BCUT2D eigenvalue weighted by Gasteiger charge is 2.57. The van der Waals surface area contributed by atoms with Crippen LogP contribution in [0, 0.1) is 0 Å². The van der Waals surface area contributed by atoms with Crippen molar-refractivity contribution < 1.29 is 9.53 Å². The van der Waals surface area contributed by atoms with Crippen LogP contribution in [0.3, 0.4) is 0 Å². The fourth-order valence-corrected chi connectivity index (χ4v) is 4.00. The van der Waals surface area contributed by atoms with Gasteiger partial charge in [0, 0.05) is 5.02 Å². The highest BCUT2D eigenvalue weighted by molar-refractivity contribution is 6.30. The Hall–Kier alpha value is -2.62. The summed E-state index contributed by atoms with van der Waals surface area (Å²) < 4.78 is 5.39. The Balaban J connectivity index is 1.76. The van der Waals surface area contributed by atoms with Crippen LogP contribution in [0.15, 0.2) is 84.9 Å². The van der Waals surface area contributed by atoms with Crippen molar-refractivity contribution in [3.8, 4) is 0 Å². The van der Waals surface area contributed by atoms with Gasteiger partial charge in [0.05, 0.1) is 18.7 Å². The Morgan fingerprint density at radius 3 is 1.96 bits per heavy atom. The fraction of sp³-hybridized carbons (Fsp3) is 0.208. The number of esters is 1. The first kappa shape index (κ1) is 18.7. The third-order valence-corrected chi connectivity index (χ3v) is 5.37. The molecule has 0 bridgehead atoms. The Morgan fingerprint density at radius 1 is 0.929 bits per heavy atom. The number of carbonyl (C=O) groups excluding carboxylic acids is 1. The lowest BCUT2D eigenvalue weighted by Crippen LogP contribution is -2.20. The molecule has 4 heteroatoms. The molecule has 28 heavy (non-hydrogen) atoms. The molecule has 1 fully saturated rings. The summed E-state index contributed by atoms with van der Waals surface area (Å²) in [6.07, 6.45) is 0. The minimum absolute atomic E-state index is 0.0301. The summed E-state index contributed by atoms with van der Waals surface area (Å²) in [5, 5.41) is 0.686. The lowest BCUT2D eigenvalue weighted by molar-refractivity contribution is -0.143. The Labute approximate surface area is 170 Å². The van der Waals surface area contributed by atoms with E-state index < -0.39 is 0 Å². The van der Waals surface area contributed by atoms with Crippen LogP contribution in [0.1, 0.15) is 35.7 Å². The van der Waals surface area contributed by atoms with Crippen molar-refractivity contribution >= 4 is 17.6 Å². The van der Waals surface area contributed by atoms with Gasteiger partial charge in [-0.3, -0.25) is 9.69 Å². The molecule has 4 rings (SSSR count). The van der Waals surface area contributed by atoms with Crippen molar-refractivity contribution in [3.05, 3.63) is 107 Å². The molecule has 0 N–H and O–H groups in total. The molecule has 1 aliphatic heterocycles. The fourth-order valence-electron chi connectivity index (χ4n) is 3.87. The van der Waals surface area contributed by atoms with E-state index >= 15 is 0 Å². The normalized spacial score (nSPS) is 20.8. The summed E-state index contributed by atoms with van der Waals surface area (Å²) in [7, 11) is 0. The molecule has 0 aromatic heterocycles. The first-order chi connectivity index (χ1) is 13.7. The van der Waals surface area contributed by atoms with Crippen LogP contribution in [0.2, 0.25) is 5.02 Å². The molecule has 1 aliphatic rings. The maximum atomic E-state index is 12.7. The molecule has 0 aliphatic carbocycles. The van der Waals surface area contributed by atoms with E-state index in [2.05, 4.69) is 29.2 Å². The quantitative estimate of drug-likeness (QED) is 0.415. The van der Waals surface area contributed by atoms with E-state index in [9.17, 15) is 4.79 Å². The van der Waals surface area contributed by atoms with Crippen LogP contribution in [0.5, 0.6) is 0 Å². The molecular weight excluding hydrogens is 370 g/mol. The second kappa shape index (κ2) is 8.17. The zero-order chi connectivity index (χ0) is 19.5. The van der Waals surface area contributed by atoms with Crippen molar-refractivity contribution in [2.45, 2.75) is 25.0 Å². The van der Waals surface area contributed by atoms with Gasteiger partial charge in [0.15, 0.2) is 0 Å². The molecule has 1 unspecified atom stereocenters. The second-order valence-electron chi connectivity index (χ2n) is 6.86. The van der Waals surface area contributed by atoms with Crippen molar-refractivity contribution in [3.63, 3.8) is 0 Å². The third kappa shape index (κ3) is 3.68. The average Bonchev–Trinajstić information content (AvgIpc) is 3.46. The zero-order valence-corrected chi connectivity index (χ0v) is 16.4. The largest absolute Gasteiger partial charge is 0.465 e. The van der Waals surface area contributed by atoms with Gasteiger partial charge in [0.25, 0.3) is 0 Å². The summed E-state index contributed by atoms with van der Waals surface area (Å²) in [6, 6.07) is 27.9. The monoisotopic (exact) mass is 391 g/mol. The molecule has 0 amide bonds. The van der Waals surface area contributed by atoms with Crippen LogP contribution in [-0.2, 0) is 9.53 Å². The smallest absolute Gasteiger partial charge is 0.325 e. The molecule has 3 aromatic carbocycles. The number of hydrogen-bond donors (Lipinski definition) is 0. The Morgan fingerprint density at radius 2 is 1.46 bits per heavy atom. The topological polar surface area (TPSA) is 29.3 Å². The summed E-state index contributed by atoms with van der Waals surface area (Å²) >= 11 is 6.07. The Bertz CT molecular complexity index is 888. The van der Waals surface area contributed by atoms with Gasteiger partial charge in [-0.25, -0.2) is 0 Å². The van der Waals surface area contributed by atoms with Crippen LogP contribution in [0.4, 0.5) is 0 Å². The van der Waals surface area contributed by atoms with Gasteiger partial charge in [-0.2, -0.15) is 0 Å². The molecule has 3 aromatic rings. The van der Waals surface area contributed by atoms with Gasteiger partial charge in [-0.05, 0) is 35.7 Å². The molecule has 1 heterocycles. The molecule has 0 spiro atoms. The van der Waals surface area contributed by atoms with Gasteiger partial charge in [-0.15, -0.1) is 0 Å². The standard InChI is InChI=1S/C24H22ClNO2/c1-2-28-24(27)23-22(19-13-15-20(25)16-14-19)26(23)21(17-9-5-3-6-10-17)18-11-7-4-8-12-18/h3-16,21-23H,2H2,1H3/t22-,23-,26?/m1/s1. The number of nitrogens with zero attached hydrogens (tertiary/aromatic N) is 1. The Kier molecular flexibility index (Phi) is 5.47. The maximum absolute atomic E-state index is 12.7. The van der Waals surface area contributed by atoms with Crippen LogP contribution in [-0.4, -0.2) is 23.5 Å². The van der Waals surface area contributed by atoms with E-state index in [1.165, 1.54) is 0 Å². The number of carbonyl (C=O) groups is 1. The molecule has 1 saturated heterocycles. The summed E-state index contributed by atoms with van der Waals surface area (Å²) in [5.41, 5.74) is 3.37. The predicted molar refractivity (Wildman–Crippen MR) is 111 cm³/mol. The minimum Gasteiger partial charge on any atom is -0.465 e. The van der Waals surface area contributed by atoms with Gasteiger partial charge >= 0.3 is 5.97 Å². The number of hydrogen-bond acceptors (Lipinski definition) is 3. The number of halogens is 1. The van der Waals surface area contributed by atoms with Crippen LogP contribution < -0.4 is 0 Å². The molecule has 3 atom stereocenters. The summed E-state index contributed by atoms with van der Waals surface area (Å²) in [6.45, 7) is 2.21. The van der Waals surface area contributed by atoms with Crippen molar-refractivity contribution in [2.24, 2.45) is 0 Å². The lowest BCUT2D eigenvalue weighted by atomic mass is 9.98. The highest BCUT2D eigenvalue weighted by atomic mass is 35.5. The summed E-state index contributed by atoms with van der Waals surface area (Å²) in [4.78, 5) is 15.0. The van der Waals surface area contributed by atoms with Crippen molar-refractivity contribution in [2.75, 3.05) is 6.61 Å². The first-order valence-electron chi connectivity index (χ1n) is 9.50. The van der Waals surface area contributed by atoms with E-state index in [-0.39, 0.29) is 24.1 Å². The maximum Gasteiger partial charge on any atom is 0.325 e. The number of rotatable bonds is 6. The van der Waals surface area contributed by atoms with Crippen LogP contribution in [0.25, 0.3) is 0 Å². The predicted octanol–water partition coefficient (Wildman–Crippen LogP) is 5.42. The van der Waals surface area contributed by atoms with Gasteiger partial charge < -0.3 is 4.74 Å². The highest BCUT2D eigenvalue weighted by Crippen LogP contribution is 2.52. The van der Waals surface area contributed by atoms with Gasteiger partial charge in [0.1, 0.15) is 6.04 Å². The molecule has 0 radical (unpaired) electrons. The first-order valence-corrected chi connectivity index (χ1v) is 9.88. The minimum atomic E-state index is -0.313. The molecule has 142 valence electrons. The number of benzene rings is 3. The van der Waals surface area contributed by atoms with E-state index in [1.54, 1.807) is 0 Å². The second-order valence-corrected chi connectivity index (χ2v) is 7.30. The SMILES string of the molecule is CCOC(=O)[C@H]1[C@@H](c2ccc(Cl)cc2)N1C(c1ccccc1)c1ccccc1. The van der Waals surface area contributed by atoms with Crippen molar-refractivity contribution in [1.29, 1.82) is 0 Å². The van der Waals surface area contributed by atoms with E-state index in [0.29, 0.717) is 11.6 Å². The number of ether oxygens (including phenoxy) is 1. The van der Waals surface area contributed by atoms with Gasteiger partial charge in [0.2, 0.25) is 0 Å². The lowest BCUT2D eigenvalue weighted by Gasteiger charge is -2.21. The van der Waals surface area contributed by atoms with E-state index in [1.807, 2.05) is 67.6 Å². The van der Waals surface area contributed by atoms with E-state index in [0.717, 1.165) is 16.7 Å². The zero-order valence-electron chi connectivity index (χ0n) is 15.7. The van der Waals surface area contributed by atoms with Crippen LogP contribution >= 0.6 is 11.6 Å². The molecule has 0 saturated carbocycles. The average molecular weight is 392 g/mol. The molecular formula is C24H22ClNO2. The van der Waals surface area contributed by atoms with E-state index in [4.69, 9.17) is 16.3 Å². The summed E-state index contributed by atoms with van der Waals surface area (Å²) in [5.74, 6) is -0.181. The third-order valence-electron chi connectivity index (χ3n) is 5.12. The molecule has 3 nitrogen and oxygen atoms in total. The van der Waals surface area contributed by atoms with Crippen molar-refractivity contribution in [1.82, 2.24) is 4.90 Å². The van der Waals surface area contributed by atoms with Gasteiger partial charge in [-0.1, -0.05) is 84.4 Å².